The van der Waals surface area contributed by atoms with Gasteiger partial charge >= 0.3 is 0 Å². The van der Waals surface area contributed by atoms with Gasteiger partial charge in [-0.15, -0.1) is 5.10 Å². The maximum absolute atomic E-state index is 13.2. The van der Waals surface area contributed by atoms with Crippen LogP contribution in [-0.4, -0.2) is 47.3 Å². The molecule has 0 bridgehead atoms. The Morgan fingerprint density at radius 1 is 1.08 bits per heavy atom. The molecule has 1 aromatic heterocycles. The summed E-state index contributed by atoms with van der Waals surface area (Å²) in [4.78, 5) is 15.0. The molecule has 0 aliphatic rings. The van der Waals surface area contributed by atoms with E-state index in [9.17, 15) is 13.2 Å². The van der Waals surface area contributed by atoms with E-state index < -0.39 is 15.6 Å². The number of rotatable bonds is 9. The summed E-state index contributed by atoms with van der Waals surface area (Å²) in [6.07, 6.45) is 0. The second-order valence-electron chi connectivity index (χ2n) is 9.03. The van der Waals surface area contributed by atoms with Gasteiger partial charge in [-0.2, -0.15) is 0 Å². The van der Waals surface area contributed by atoms with Crippen LogP contribution in [0.4, 0.5) is 11.4 Å². The highest BCUT2D eigenvalue weighted by Gasteiger charge is 2.34. The van der Waals surface area contributed by atoms with Gasteiger partial charge < -0.3 is 16.0 Å². The monoisotopic (exact) mass is 533 g/mol. The van der Waals surface area contributed by atoms with Crippen LogP contribution in [-0.2, 0) is 20.4 Å². The van der Waals surface area contributed by atoms with Gasteiger partial charge in [-0.05, 0) is 60.2 Å². The van der Waals surface area contributed by atoms with E-state index >= 15 is 0 Å². The first kappa shape index (κ1) is 26.4. The number of sulfonamides is 1. The van der Waals surface area contributed by atoms with Gasteiger partial charge in [0.1, 0.15) is 5.84 Å². The zero-order valence-corrected chi connectivity index (χ0v) is 21.5. The summed E-state index contributed by atoms with van der Waals surface area (Å²) in [5.74, 6) is 0.0207. The molecule has 196 valence electrons. The summed E-state index contributed by atoms with van der Waals surface area (Å²) in [5.41, 5.74) is 7.62. The molecule has 7 N–H and O–H groups in total. The first-order chi connectivity index (χ1) is 18.0. The zero-order chi connectivity index (χ0) is 27.5. The molecule has 1 heterocycles. The molecule has 12 nitrogen and oxygen atoms in total. The molecule has 0 aliphatic heterocycles. The lowest BCUT2D eigenvalue weighted by Crippen LogP contribution is -2.47. The van der Waals surface area contributed by atoms with Gasteiger partial charge in [0.15, 0.2) is 5.82 Å². The molecule has 4 rings (SSSR count). The molecule has 3 aromatic carbocycles. The topological polar surface area (TPSA) is 197 Å². The van der Waals surface area contributed by atoms with Gasteiger partial charge in [-0.3, -0.25) is 10.2 Å². The van der Waals surface area contributed by atoms with E-state index in [0.717, 1.165) is 0 Å². The van der Waals surface area contributed by atoms with Gasteiger partial charge in [-0.25, -0.2) is 18.7 Å². The molecular weight excluding hydrogens is 506 g/mol. The number of primary sulfonamides is 1. The van der Waals surface area contributed by atoms with E-state index in [4.69, 9.17) is 16.3 Å². The van der Waals surface area contributed by atoms with Gasteiger partial charge in [0.25, 0.3) is 0 Å². The molecule has 38 heavy (non-hydrogen) atoms. The molecule has 13 heteroatoms. The summed E-state index contributed by atoms with van der Waals surface area (Å²) >= 11 is 0. The number of hydrogen-bond donors (Lipinski definition) is 5. The first-order valence-electron chi connectivity index (χ1n) is 11.5. The molecule has 1 amide bonds. The Balaban J connectivity index is 1.59. The number of aromatic amines is 1. The van der Waals surface area contributed by atoms with E-state index in [-0.39, 0.29) is 23.2 Å². The van der Waals surface area contributed by atoms with Crippen LogP contribution < -0.4 is 21.1 Å². The van der Waals surface area contributed by atoms with Crippen LogP contribution in [0.1, 0.15) is 25.2 Å². The Hall–Kier alpha value is -4.62. The van der Waals surface area contributed by atoms with Crippen LogP contribution in [0.3, 0.4) is 0 Å². The average Bonchev–Trinajstić information content (AvgIpc) is 3.43. The Labute approximate surface area is 219 Å². The molecule has 0 saturated carbocycles. The normalized spacial score (nSPS) is 11.7. The molecule has 0 saturated heterocycles. The number of carbonyl (C=O) groups is 1. The van der Waals surface area contributed by atoms with Gasteiger partial charge in [0.05, 0.1) is 17.0 Å². The van der Waals surface area contributed by atoms with Crippen molar-refractivity contribution in [3.63, 3.8) is 0 Å². The quantitative estimate of drug-likeness (QED) is 0.159. The van der Waals surface area contributed by atoms with Crippen molar-refractivity contribution in [2.75, 3.05) is 16.8 Å². The lowest BCUT2D eigenvalue weighted by atomic mass is 9.99. The number of amidine groups is 1. The minimum atomic E-state index is -3.90. The van der Waals surface area contributed by atoms with Crippen molar-refractivity contribution in [3.8, 4) is 11.1 Å². The second-order valence-corrected chi connectivity index (χ2v) is 10.6. The van der Waals surface area contributed by atoms with E-state index in [1.54, 1.807) is 65.6 Å². The number of aromatic nitrogens is 4. The molecule has 0 fully saturated rings. The Kier molecular flexibility index (Phi) is 7.23. The molecule has 0 aliphatic carbocycles. The second kappa shape index (κ2) is 10.4. The number of amides is 1. The Bertz CT molecular complexity index is 1570. The summed E-state index contributed by atoms with van der Waals surface area (Å²) < 4.78 is 23.9. The predicted octanol–water partition coefficient (Wildman–Crippen LogP) is 2.18. The Morgan fingerprint density at radius 2 is 1.79 bits per heavy atom. The predicted molar refractivity (Wildman–Crippen MR) is 144 cm³/mol. The molecule has 0 spiro atoms. The minimum Gasteiger partial charge on any atom is -0.384 e. The van der Waals surface area contributed by atoms with Crippen LogP contribution >= 0.6 is 0 Å². The first-order valence-corrected chi connectivity index (χ1v) is 13.0. The van der Waals surface area contributed by atoms with E-state index in [1.807, 2.05) is 19.9 Å². The number of nitrogens with zero attached hydrogens (tertiary/aromatic N) is 4. The van der Waals surface area contributed by atoms with Crippen molar-refractivity contribution < 1.29 is 13.2 Å². The van der Waals surface area contributed by atoms with E-state index in [2.05, 4.69) is 25.9 Å². The van der Waals surface area contributed by atoms with Crippen molar-refractivity contribution in [2.45, 2.75) is 24.3 Å². The smallest absolute Gasteiger partial charge is 0.243 e. The summed E-state index contributed by atoms with van der Waals surface area (Å²) in [7, 11) is -3.90. The molecule has 0 unspecified atom stereocenters. The summed E-state index contributed by atoms with van der Waals surface area (Å²) in [6, 6.07) is 20.2. The SMILES string of the molecule is CC(C)(c1nnn[nH]1)N(CC(=O)Nc1ccc(-c2ccccc2S(N)(=O)=O)cc1)c1cccc(C(=N)N)c1. The number of nitrogens with one attached hydrogen (secondary N) is 3. The number of nitrogen functional groups attached to an aromatic ring is 1. The maximum Gasteiger partial charge on any atom is 0.243 e. The van der Waals surface area contributed by atoms with Crippen LogP contribution in [0, 0.1) is 5.41 Å². The number of carbonyl (C=O) groups excluding carboxylic acids is 1. The van der Waals surface area contributed by atoms with Crippen LogP contribution in [0.25, 0.3) is 11.1 Å². The highest BCUT2D eigenvalue weighted by atomic mass is 32.2. The number of H-pyrrole nitrogens is 1. The van der Waals surface area contributed by atoms with Crippen LogP contribution in [0.5, 0.6) is 0 Å². The van der Waals surface area contributed by atoms with Gasteiger partial charge in [0.2, 0.25) is 15.9 Å². The van der Waals surface area contributed by atoms with Crippen LogP contribution in [0.15, 0.2) is 77.7 Å². The summed E-state index contributed by atoms with van der Waals surface area (Å²) in [5, 5.41) is 30.1. The number of benzene rings is 3. The fraction of sp³-hybridized carbons (Fsp3) is 0.160. The zero-order valence-electron chi connectivity index (χ0n) is 20.7. The number of nitrogens with two attached hydrogens (primary N) is 2. The van der Waals surface area contributed by atoms with Crippen molar-refractivity contribution in [3.05, 3.63) is 84.2 Å². The standard InChI is InChI=1S/C25H27N9O3S/c1-25(2,24-30-32-33-31-24)34(19-7-5-6-17(14-19)23(26)27)15-22(35)29-18-12-10-16(11-13-18)20-8-3-4-9-21(20)38(28,36)37/h3-14H,15H2,1-2H3,(H3,26,27)(H,29,35)(H2,28,36,37)(H,30,31,32,33). The highest BCUT2D eigenvalue weighted by molar-refractivity contribution is 7.89. The third-order valence-corrected chi connectivity index (χ3v) is 7.01. The van der Waals surface area contributed by atoms with Crippen molar-refractivity contribution >= 4 is 33.1 Å². The third kappa shape index (κ3) is 5.68. The molecule has 0 atom stereocenters. The van der Waals surface area contributed by atoms with Gasteiger partial charge in [-0.1, -0.05) is 42.5 Å². The fourth-order valence-corrected chi connectivity index (χ4v) is 4.79. The summed E-state index contributed by atoms with van der Waals surface area (Å²) in [6.45, 7) is 3.65. The van der Waals surface area contributed by atoms with E-state index in [0.29, 0.717) is 33.9 Å². The van der Waals surface area contributed by atoms with Crippen molar-refractivity contribution in [2.24, 2.45) is 10.9 Å². The highest BCUT2D eigenvalue weighted by Crippen LogP contribution is 2.31. The molecule has 4 aromatic rings. The van der Waals surface area contributed by atoms with Crippen molar-refractivity contribution in [1.82, 2.24) is 20.6 Å². The number of hydrogen-bond acceptors (Lipinski definition) is 8. The fourth-order valence-electron chi connectivity index (χ4n) is 4.03. The number of tetrazole rings is 1. The molecule has 0 radical (unpaired) electrons. The number of anilines is 2. The maximum atomic E-state index is 13.2. The lowest BCUT2D eigenvalue weighted by Gasteiger charge is -2.38. The van der Waals surface area contributed by atoms with E-state index in [1.165, 1.54) is 6.07 Å². The molecular formula is C25H27N9O3S. The minimum absolute atomic E-state index is 0.0179. The average molecular weight is 534 g/mol. The third-order valence-electron chi connectivity index (χ3n) is 6.04. The Morgan fingerprint density at radius 3 is 2.42 bits per heavy atom. The van der Waals surface area contributed by atoms with Gasteiger partial charge in [0, 0.05) is 22.5 Å². The van der Waals surface area contributed by atoms with Crippen LogP contribution in [0.2, 0.25) is 0 Å². The lowest BCUT2D eigenvalue weighted by molar-refractivity contribution is -0.115. The van der Waals surface area contributed by atoms with Crippen molar-refractivity contribution in [1.29, 1.82) is 5.41 Å². The largest absolute Gasteiger partial charge is 0.384 e.